The van der Waals surface area contributed by atoms with Gasteiger partial charge in [-0.1, -0.05) is 36.2 Å². The van der Waals surface area contributed by atoms with Crippen LogP contribution in [0.4, 0.5) is 0 Å². The van der Waals surface area contributed by atoms with Crippen molar-refractivity contribution in [1.82, 2.24) is 5.32 Å². The summed E-state index contributed by atoms with van der Waals surface area (Å²) in [5.74, 6) is 0. The van der Waals surface area contributed by atoms with Gasteiger partial charge in [0.1, 0.15) is 0 Å². The monoisotopic (exact) mass is 203 g/mol. The molecule has 0 aromatic heterocycles. The van der Waals surface area contributed by atoms with Gasteiger partial charge in [0.05, 0.1) is 0 Å². The van der Waals surface area contributed by atoms with Crippen molar-refractivity contribution in [3.63, 3.8) is 0 Å². The Morgan fingerprint density at radius 1 is 1.33 bits per heavy atom. The fraction of sp³-hybridized carbons (Fsp3) is 0.571. The first kappa shape index (κ1) is 10.7. The van der Waals surface area contributed by atoms with E-state index < -0.39 is 0 Å². The molecule has 0 radical (unpaired) electrons. The van der Waals surface area contributed by atoms with Gasteiger partial charge in [-0.25, -0.2) is 0 Å². The highest BCUT2D eigenvalue weighted by Gasteiger charge is 2.17. The predicted octanol–water partition coefficient (Wildman–Crippen LogP) is 3.07. The summed E-state index contributed by atoms with van der Waals surface area (Å²) in [5.41, 5.74) is 2.85. The van der Waals surface area contributed by atoms with Crippen LogP contribution in [-0.4, -0.2) is 12.1 Å². The van der Waals surface area contributed by atoms with E-state index in [-0.39, 0.29) is 0 Å². The number of benzene rings is 1. The first-order valence-electron chi connectivity index (χ1n) is 6.05. The Bertz CT molecular complexity index is 319. The first-order valence-corrected chi connectivity index (χ1v) is 6.05. The molecule has 0 amide bonds. The van der Waals surface area contributed by atoms with Gasteiger partial charge in [0.25, 0.3) is 0 Å². The summed E-state index contributed by atoms with van der Waals surface area (Å²) in [6, 6.07) is 10.3. The summed E-state index contributed by atoms with van der Waals surface area (Å²) in [6.07, 6.45) is 5.24. The van der Waals surface area contributed by atoms with Crippen molar-refractivity contribution in [2.45, 2.75) is 51.6 Å². The highest BCUT2D eigenvalue weighted by atomic mass is 15.0. The summed E-state index contributed by atoms with van der Waals surface area (Å²) in [4.78, 5) is 0. The minimum atomic E-state index is 0.690. The Kier molecular flexibility index (Phi) is 3.42. The van der Waals surface area contributed by atoms with E-state index in [1.165, 1.54) is 36.8 Å². The van der Waals surface area contributed by atoms with Crippen molar-refractivity contribution < 1.29 is 0 Å². The van der Waals surface area contributed by atoms with E-state index in [9.17, 15) is 0 Å². The molecular weight excluding hydrogens is 182 g/mol. The number of rotatable bonds is 2. The quantitative estimate of drug-likeness (QED) is 0.779. The number of hydrogen-bond acceptors (Lipinski definition) is 1. The predicted molar refractivity (Wildman–Crippen MR) is 65.1 cm³/mol. The molecular formula is C14H21N. The molecule has 0 bridgehead atoms. The molecule has 1 aliphatic rings. The third-order valence-electron chi connectivity index (χ3n) is 3.27. The third kappa shape index (κ3) is 3.07. The second-order valence-corrected chi connectivity index (χ2v) is 4.89. The van der Waals surface area contributed by atoms with Crippen LogP contribution in [0.1, 0.15) is 37.3 Å². The summed E-state index contributed by atoms with van der Waals surface area (Å²) in [6.45, 7) is 4.46. The van der Waals surface area contributed by atoms with Crippen molar-refractivity contribution in [3.8, 4) is 0 Å². The van der Waals surface area contributed by atoms with Gasteiger partial charge in [-0.05, 0) is 38.7 Å². The second-order valence-electron chi connectivity index (χ2n) is 4.89. The van der Waals surface area contributed by atoms with E-state index in [0.717, 1.165) is 0 Å². The maximum absolute atomic E-state index is 3.68. The lowest BCUT2D eigenvalue weighted by molar-refractivity contribution is 0.333. The Hall–Kier alpha value is -0.820. The second kappa shape index (κ2) is 4.80. The number of piperidine rings is 1. The van der Waals surface area contributed by atoms with Crippen molar-refractivity contribution >= 4 is 0 Å². The normalized spacial score (nSPS) is 26.5. The maximum Gasteiger partial charge on any atom is 0.0110 e. The van der Waals surface area contributed by atoms with Crippen LogP contribution in [0.5, 0.6) is 0 Å². The third-order valence-corrected chi connectivity index (χ3v) is 3.27. The van der Waals surface area contributed by atoms with Crippen LogP contribution in [0, 0.1) is 6.92 Å². The maximum atomic E-state index is 3.68. The lowest BCUT2D eigenvalue weighted by Crippen LogP contribution is -2.41. The van der Waals surface area contributed by atoms with Crippen LogP contribution in [0.25, 0.3) is 0 Å². The molecule has 1 N–H and O–H groups in total. The van der Waals surface area contributed by atoms with Crippen molar-refractivity contribution in [2.24, 2.45) is 0 Å². The zero-order valence-electron chi connectivity index (χ0n) is 9.79. The molecule has 0 spiro atoms. The average Bonchev–Trinajstić information content (AvgIpc) is 2.17. The van der Waals surface area contributed by atoms with Crippen molar-refractivity contribution in [3.05, 3.63) is 35.4 Å². The molecule has 1 nitrogen and oxygen atoms in total. The van der Waals surface area contributed by atoms with Crippen molar-refractivity contribution in [2.75, 3.05) is 0 Å². The molecule has 1 aliphatic heterocycles. The molecule has 2 unspecified atom stereocenters. The molecule has 0 saturated carbocycles. The fourth-order valence-electron chi connectivity index (χ4n) is 2.52. The van der Waals surface area contributed by atoms with Gasteiger partial charge in [0.2, 0.25) is 0 Å². The van der Waals surface area contributed by atoms with E-state index in [1.54, 1.807) is 0 Å². The highest BCUT2D eigenvalue weighted by Crippen LogP contribution is 2.16. The SMILES string of the molecule is Cc1cccc(CC2CCCC(C)N2)c1. The van der Waals surface area contributed by atoms with Crippen LogP contribution in [0.15, 0.2) is 24.3 Å². The molecule has 15 heavy (non-hydrogen) atoms. The van der Waals surface area contributed by atoms with E-state index in [4.69, 9.17) is 0 Å². The Morgan fingerprint density at radius 2 is 2.20 bits per heavy atom. The van der Waals surface area contributed by atoms with Gasteiger partial charge < -0.3 is 5.32 Å². The molecule has 1 heterocycles. The smallest absolute Gasteiger partial charge is 0.0110 e. The van der Waals surface area contributed by atoms with Gasteiger partial charge in [-0.2, -0.15) is 0 Å². The molecule has 0 aliphatic carbocycles. The topological polar surface area (TPSA) is 12.0 Å². The summed E-state index contributed by atoms with van der Waals surface area (Å²) in [7, 11) is 0. The van der Waals surface area contributed by atoms with Gasteiger partial charge in [0.15, 0.2) is 0 Å². The lowest BCUT2D eigenvalue weighted by atomic mass is 9.94. The summed E-state index contributed by atoms with van der Waals surface area (Å²) in [5, 5.41) is 3.68. The molecule has 1 heteroatoms. The summed E-state index contributed by atoms with van der Waals surface area (Å²) < 4.78 is 0. The average molecular weight is 203 g/mol. The highest BCUT2D eigenvalue weighted by molar-refractivity contribution is 5.23. The van der Waals surface area contributed by atoms with Crippen LogP contribution in [-0.2, 0) is 6.42 Å². The van der Waals surface area contributed by atoms with Crippen LogP contribution in [0.3, 0.4) is 0 Å². The largest absolute Gasteiger partial charge is 0.311 e. The van der Waals surface area contributed by atoms with Crippen molar-refractivity contribution in [1.29, 1.82) is 0 Å². The minimum Gasteiger partial charge on any atom is -0.311 e. The summed E-state index contributed by atoms with van der Waals surface area (Å²) >= 11 is 0. The van der Waals surface area contributed by atoms with E-state index in [1.807, 2.05) is 0 Å². The lowest BCUT2D eigenvalue weighted by Gasteiger charge is -2.28. The van der Waals surface area contributed by atoms with Gasteiger partial charge in [-0.15, -0.1) is 0 Å². The standard InChI is InChI=1S/C14H21N/c1-11-5-3-7-13(9-11)10-14-8-4-6-12(2)15-14/h3,5,7,9,12,14-15H,4,6,8,10H2,1-2H3. The fourth-order valence-corrected chi connectivity index (χ4v) is 2.52. The van der Waals surface area contributed by atoms with Gasteiger partial charge in [0, 0.05) is 12.1 Å². The molecule has 1 saturated heterocycles. The Balaban J connectivity index is 1.96. The van der Waals surface area contributed by atoms with Gasteiger partial charge >= 0.3 is 0 Å². The minimum absolute atomic E-state index is 0.690. The molecule has 1 fully saturated rings. The molecule has 2 rings (SSSR count). The number of hydrogen-bond donors (Lipinski definition) is 1. The molecule has 2 atom stereocenters. The number of aryl methyl sites for hydroxylation is 1. The molecule has 82 valence electrons. The van der Waals surface area contributed by atoms with E-state index >= 15 is 0 Å². The first-order chi connectivity index (χ1) is 7.24. The Morgan fingerprint density at radius 3 is 2.93 bits per heavy atom. The van der Waals surface area contributed by atoms with Gasteiger partial charge in [-0.3, -0.25) is 0 Å². The molecule has 1 aromatic rings. The Labute approximate surface area is 92.9 Å². The zero-order chi connectivity index (χ0) is 10.7. The van der Waals surface area contributed by atoms with Crippen LogP contribution < -0.4 is 5.32 Å². The van der Waals surface area contributed by atoms with Crippen LogP contribution in [0.2, 0.25) is 0 Å². The molecule has 1 aromatic carbocycles. The number of nitrogens with one attached hydrogen (secondary N) is 1. The van der Waals surface area contributed by atoms with Crippen LogP contribution >= 0.6 is 0 Å². The van der Waals surface area contributed by atoms with E-state index in [2.05, 4.69) is 43.4 Å². The van der Waals surface area contributed by atoms with E-state index in [0.29, 0.717) is 12.1 Å². The zero-order valence-corrected chi connectivity index (χ0v) is 9.79.